The molecule has 166 valence electrons. The highest BCUT2D eigenvalue weighted by Gasteiger charge is 2.28. The minimum Gasteiger partial charge on any atom is -0.482 e. The summed E-state index contributed by atoms with van der Waals surface area (Å²) in [5, 5.41) is 3.57. The van der Waals surface area contributed by atoms with E-state index in [-0.39, 0.29) is 24.5 Å². The first-order valence-electron chi connectivity index (χ1n) is 10.7. The second-order valence-corrected chi connectivity index (χ2v) is 9.21. The summed E-state index contributed by atoms with van der Waals surface area (Å²) in [6.45, 7) is 1.89. The summed E-state index contributed by atoms with van der Waals surface area (Å²) in [4.78, 5) is 27.6. The third-order valence-corrected chi connectivity index (χ3v) is 6.41. The van der Waals surface area contributed by atoms with Crippen molar-refractivity contribution >= 4 is 39.3 Å². The van der Waals surface area contributed by atoms with Crippen LogP contribution in [0.15, 0.2) is 53.0 Å². The second kappa shape index (κ2) is 11.5. The van der Waals surface area contributed by atoms with Gasteiger partial charge in [-0.25, -0.2) is 0 Å². The van der Waals surface area contributed by atoms with Crippen LogP contribution in [-0.2, 0) is 16.1 Å². The molecule has 1 fully saturated rings. The zero-order valence-electron chi connectivity index (χ0n) is 17.7. The summed E-state index contributed by atoms with van der Waals surface area (Å²) in [6, 6.07) is 14.3. The Labute approximate surface area is 197 Å². The molecule has 31 heavy (non-hydrogen) atoms. The molecule has 5 nitrogen and oxygen atoms in total. The Morgan fingerprint density at radius 1 is 1.13 bits per heavy atom. The molecular formula is C24H28BrClN2O3. The van der Waals surface area contributed by atoms with Crippen molar-refractivity contribution in [3.63, 3.8) is 0 Å². The molecule has 0 heterocycles. The maximum atomic E-state index is 13.1. The van der Waals surface area contributed by atoms with Crippen LogP contribution in [0.25, 0.3) is 0 Å². The van der Waals surface area contributed by atoms with E-state index in [2.05, 4.69) is 21.2 Å². The van der Waals surface area contributed by atoms with Gasteiger partial charge in [-0.15, -0.1) is 0 Å². The zero-order valence-corrected chi connectivity index (χ0v) is 20.0. The van der Waals surface area contributed by atoms with Gasteiger partial charge in [0.15, 0.2) is 6.61 Å². The van der Waals surface area contributed by atoms with E-state index in [9.17, 15) is 9.59 Å². The van der Waals surface area contributed by atoms with Crippen molar-refractivity contribution in [2.75, 3.05) is 6.61 Å². The Hall–Kier alpha value is -2.05. The Kier molecular flexibility index (Phi) is 8.79. The second-order valence-electron chi connectivity index (χ2n) is 7.89. The van der Waals surface area contributed by atoms with Crippen LogP contribution in [0, 0.1) is 0 Å². The molecule has 3 rings (SSSR count). The molecule has 1 N–H and O–H groups in total. The van der Waals surface area contributed by atoms with Gasteiger partial charge in [-0.1, -0.05) is 71.1 Å². The van der Waals surface area contributed by atoms with Gasteiger partial charge in [-0.3, -0.25) is 9.59 Å². The molecule has 1 atom stereocenters. The average molecular weight is 508 g/mol. The number of benzene rings is 2. The molecule has 0 spiro atoms. The third kappa shape index (κ3) is 6.97. The molecule has 0 bridgehead atoms. The van der Waals surface area contributed by atoms with Crippen LogP contribution < -0.4 is 10.1 Å². The summed E-state index contributed by atoms with van der Waals surface area (Å²) in [7, 11) is 0. The number of nitrogens with zero attached hydrogens (tertiary/aromatic N) is 1. The van der Waals surface area contributed by atoms with Gasteiger partial charge in [0, 0.05) is 17.1 Å². The minimum absolute atomic E-state index is 0.130. The maximum absolute atomic E-state index is 13.1. The molecule has 2 aromatic rings. The van der Waals surface area contributed by atoms with Crippen molar-refractivity contribution in [3.05, 3.63) is 63.6 Å². The van der Waals surface area contributed by atoms with Gasteiger partial charge >= 0.3 is 0 Å². The summed E-state index contributed by atoms with van der Waals surface area (Å²) in [5.41, 5.74) is 0.937. The fourth-order valence-electron chi connectivity index (χ4n) is 3.72. The highest BCUT2D eigenvalue weighted by atomic mass is 79.9. The summed E-state index contributed by atoms with van der Waals surface area (Å²) in [5.74, 6) is 0.0460. The lowest BCUT2D eigenvalue weighted by molar-refractivity contribution is -0.142. The number of ether oxygens (including phenoxy) is 1. The van der Waals surface area contributed by atoms with Crippen LogP contribution >= 0.6 is 27.5 Å². The molecule has 0 saturated heterocycles. The Bertz CT molecular complexity index is 885. The topological polar surface area (TPSA) is 58.6 Å². The smallest absolute Gasteiger partial charge is 0.261 e. The third-order valence-electron chi connectivity index (χ3n) is 5.57. The van der Waals surface area contributed by atoms with Crippen molar-refractivity contribution in [3.8, 4) is 5.75 Å². The summed E-state index contributed by atoms with van der Waals surface area (Å²) >= 11 is 9.56. The number of hydrogen-bond donors (Lipinski definition) is 1. The van der Waals surface area contributed by atoms with Crippen LogP contribution in [0.3, 0.4) is 0 Å². The van der Waals surface area contributed by atoms with E-state index in [1.54, 1.807) is 36.1 Å². The van der Waals surface area contributed by atoms with E-state index < -0.39 is 6.04 Å². The number of halogens is 2. The monoisotopic (exact) mass is 506 g/mol. The number of nitrogens with one attached hydrogen (secondary N) is 1. The Balaban J connectivity index is 1.70. The molecule has 2 amide bonds. The molecule has 1 saturated carbocycles. The zero-order chi connectivity index (χ0) is 22.2. The molecule has 2 aromatic carbocycles. The average Bonchev–Trinajstić information content (AvgIpc) is 2.78. The number of carbonyl (C=O) groups is 2. The van der Waals surface area contributed by atoms with Crippen molar-refractivity contribution in [2.45, 2.75) is 57.7 Å². The van der Waals surface area contributed by atoms with Gasteiger partial charge in [0.25, 0.3) is 5.91 Å². The Morgan fingerprint density at radius 3 is 2.48 bits per heavy atom. The highest BCUT2D eigenvalue weighted by molar-refractivity contribution is 9.10. The predicted molar refractivity (Wildman–Crippen MR) is 126 cm³/mol. The first-order valence-corrected chi connectivity index (χ1v) is 11.8. The maximum Gasteiger partial charge on any atom is 0.261 e. The van der Waals surface area contributed by atoms with E-state index in [4.69, 9.17) is 16.3 Å². The molecule has 1 aliphatic carbocycles. The largest absolute Gasteiger partial charge is 0.482 e. The molecule has 0 aliphatic heterocycles. The van der Waals surface area contributed by atoms with E-state index in [0.717, 1.165) is 35.7 Å². The first-order chi connectivity index (χ1) is 14.9. The van der Waals surface area contributed by atoms with E-state index >= 15 is 0 Å². The lowest BCUT2D eigenvalue weighted by Crippen LogP contribution is -2.51. The van der Waals surface area contributed by atoms with Gasteiger partial charge in [0.05, 0.1) is 5.02 Å². The van der Waals surface area contributed by atoms with Crippen molar-refractivity contribution in [1.29, 1.82) is 0 Å². The lowest BCUT2D eigenvalue weighted by Gasteiger charge is -2.31. The Morgan fingerprint density at radius 2 is 1.81 bits per heavy atom. The highest BCUT2D eigenvalue weighted by Crippen LogP contribution is 2.23. The van der Waals surface area contributed by atoms with E-state index in [1.807, 2.05) is 24.3 Å². The SMILES string of the molecule is CC(C(=O)NC1CCCCC1)N(Cc1ccc(Br)cc1)C(=O)COc1ccccc1Cl. The van der Waals surface area contributed by atoms with Crippen LogP contribution in [0.1, 0.15) is 44.6 Å². The number of carbonyl (C=O) groups excluding carboxylic acids is 2. The first kappa shape index (κ1) is 23.6. The van der Waals surface area contributed by atoms with Crippen LogP contribution in [0.4, 0.5) is 0 Å². The van der Waals surface area contributed by atoms with Crippen molar-refractivity contribution < 1.29 is 14.3 Å². The molecular weight excluding hydrogens is 480 g/mol. The predicted octanol–water partition coefficient (Wildman–Crippen LogP) is 5.35. The molecule has 7 heteroatoms. The van der Waals surface area contributed by atoms with Gasteiger partial charge < -0.3 is 15.0 Å². The van der Waals surface area contributed by atoms with Gasteiger partial charge in [0.1, 0.15) is 11.8 Å². The number of hydrogen-bond acceptors (Lipinski definition) is 3. The fourth-order valence-corrected chi connectivity index (χ4v) is 4.18. The van der Waals surface area contributed by atoms with Crippen molar-refractivity contribution in [2.24, 2.45) is 0 Å². The van der Waals surface area contributed by atoms with Crippen LogP contribution in [0.2, 0.25) is 5.02 Å². The fraction of sp³-hybridized carbons (Fsp3) is 0.417. The molecule has 1 aliphatic rings. The number of amides is 2. The standard InChI is InChI=1S/C24H28BrClN2O3/c1-17(24(30)27-20-7-3-2-4-8-20)28(15-18-11-13-19(25)14-12-18)23(29)16-31-22-10-6-5-9-21(22)26/h5-6,9-14,17,20H,2-4,7-8,15-16H2,1H3,(H,27,30). The van der Waals surface area contributed by atoms with Crippen LogP contribution in [0.5, 0.6) is 5.75 Å². The van der Waals surface area contributed by atoms with Gasteiger partial charge in [0.2, 0.25) is 5.91 Å². The number of rotatable bonds is 8. The van der Waals surface area contributed by atoms with Crippen LogP contribution in [-0.4, -0.2) is 35.4 Å². The molecule has 0 radical (unpaired) electrons. The normalized spacial score (nSPS) is 15.2. The van der Waals surface area contributed by atoms with Gasteiger partial charge in [-0.2, -0.15) is 0 Å². The quantitative estimate of drug-likeness (QED) is 0.524. The summed E-state index contributed by atoms with van der Waals surface area (Å²) in [6.07, 6.45) is 5.47. The minimum atomic E-state index is -0.618. The molecule has 1 unspecified atom stereocenters. The number of para-hydroxylation sites is 1. The van der Waals surface area contributed by atoms with Crippen molar-refractivity contribution in [1.82, 2.24) is 10.2 Å². The lowest BCUT2D eigenvalue weighted by atomic mass is 9.95. The summed E-state index contributed by atoms with van der Waals surface area (Å²) < 4.78 is 6.61. The van der Waals surface area contributed by atoms with E-state index in [1.165, 1.54) is 6.42 Å². The van der Waals surface area contributed by atoms with Gasteiger partial charge in [-0.05, 0) is 49.6 Å². The molecule has 0 aromatic heterocycles. The van der Waals surface area contributed by atoms with E-state index in [0.29, 0.717) is 17.3 Å².